The summed E-state index contributed by atoms with van der Waals surface area (Å²) in [5.41, 5.74) is 0.998. The molecule has 10 heteroatoms. The molecule has 42 heavy (non-hydrogen) atoms. The molecule has 0 bridgehead atoms. The summed E-state index contributed by atoms with van der Waals surface area (Å²) >= 11 is 0. The zero-order chi connectivity index (χ0) is 31.0. The zero-order valence-corrected chi connectivity index (χ0v) is 25.5. The van der Waals surface area contributed by atoms with E-state index in [0.717, 1.165) is 50.7 Å². The van der Waals surface area contributed by atoms with Crippen LogP contribution in [0.2, 0.25) is 0 Å². The number of carbonyl (C=O) groups is 3. The normalized spacial score (nSPS) is 36.8. The maximum Gasteiger partial charge on any atom is 0.328 e. The Balaban J connectivity index is 1.36. The highest BCUT2D eigenvalue weighted by atomic mass is 16.6. The Kier molecular flexibility index (Phi) is 9.15. The first-order chi connectivity index (χ1) is 19.7. The minimum absolute atomic E-state index is 0.0647. The van der Waals surface area contributed by atoms with E-state index in [0.29, 0.717) is 24.2 Å². The number of oxime groups is 1. The van der Waals surface area contributed by atoms with Crippen LogP contribution < -0.4 is 10.6 Å². The summed E-state index contributed by atoms with van der Waals surface area (Å²) in [5.74, 6) is 1.31. The monoisotopic (exact) mass is 585 g/mol. The lowest BCUT2D eigenvalue weighted by Gasteiger charge is -2.58. The number of fused-ring (bicyclic) bond motifs is 5. The molecule has 232 valence electrons. The van der Waals surface area contributed by atoms with Gasteiger partial charge in [-0.05, 0) is 93.5 Å². The van der Waals surface area contributed by atoms with Gasteiger partial charge in [0.1, 0.15) is 11.6 Å². The number of nitrogens with zero attached hydrogens (tertiary/aromatic N) is 1. The average molecular weight is 586 g/mol. The Hall–Kier alpha value is -2.90. The Morgan fingerprint density at radius 1 is 1.07 bits per heavy atom. The SMILES string of the molecule is C#C[C@@]1(O)CC[C@H]2[C@@H]3CCC4=C/C(=N\OCC(=O)N[C@@H](C(=O)N[C@@H](C(=O)O)[C@@H](C)O)C(C)C)CC[C@]4(C)[C@H]3CC[C@@]21C. The number of hydrogen-bond acceptors (Lipinski definition) is 7. The van der Waals surface area contributed by atoms with Gasteiger partial charge in [0.05, 0.1) is 11.8 Å². The van der Waals surface area contributed by atoms with Crippen molar-refractivity contribution in [3.8, 4) is 12.3 Å². The van der Waals surface area contributed by atoms with Gasteiger partial charge >= 0.3 is 5.97 Å². The molecule has 0 unspecified atom stereocenters. The molecule has 4 aliphatic rings. The standard InChI is InChI=1S/C32H47N3O7/c1-7-32(41)15-12-24-22-9-8-20-16-21(10-13-30(20,5)23(22)11-14-31(24,32)6)35-42-17-25(37)33-26(18(2)3)28(38)34-27(19(4)36)29(39)40/h1,16,18-19,22-24,26-27,36,41H,8-15,17H2,2-6H3,(H,33,37)(H,34,38)(H,39,40)/b35-21-/t19-,22-,23+,24+,26-,27-,30+,31+,32-/m1/s1. The van der Waals surface area contributed by atoms with Crippen molar-refractivity contribution in [2.24, 2.45) is 39.7 Å². The minimum atomic E-state index is -1.49. The summed E-state index contributed by atoms with van der Waals surface area (Å²) in [6.45, 7) is 8.89. The fraction of sp³-hybridized carbons (Fsp3) is 0.750. The summed E-state index contributed by atoms with van der Waals surface area (Å²) in [6.07, 6.45) is 14.0. The molecule has 3 fully saturated rings. The maximum absolute atomic E-state index is 12.7. The van der Waals surface area contributed by atoms with E-state index in [9.17, 15) is 29.7 Å². The zero-order valence-electron chi connectivity index (χ0n) is 25.5. The number of hydrogen-bond donors (Lipinski definition) is 5. The second-order valence-electron chi connectivity index (χ2n) is 13.7. The number of aliphatic carboxylic acids is 1. The van der Waals surface area contributed by atoms with Crippen LogP contribution in [0.1, 0.15) is 86.0 Å². The molecule has 0 spiro atoms. The smallest absolute Gasteiger partial charge is 0.328 e. The molecule has 10 nitrogen and oxygen atoms in total. The van der Waals surface area contributed by atoms with Crippen molar-refractivity contribution in [1.29, 1.82) is 0 Å². The molecule has 0 aromatic carbocycles. The lowest BCUT2D eigenvalue weighted by atomic mass is 9.46. The lowest BCUT2D eigenvalue weighted by molar-refractivity contribution is -0.145. The van der Waals surface area contributed by atoms with Crippen LogP contribution in [0.15, 0.2) is 16.8 Å². The van der Waals surface area contributed by atoms with E-state index in [4.69, 9.17) is 11.3 Å². The molecule has 0 aromatic rings. The molecule has 2 amide bonds. The quantitative estimate of drug-likeness (QED) is 0.206. The van der Waals surface area contributed by atoms with Gasteiger partial charge in [0.15, 0.2) is 12.6 Å². The fourth-order valence-corrected chi connectivity index (χ4v) is 8.45. The number of aliphatic hydroxyl groups is 2. The van der Waals surface area contributed by atoms with Crippen molar-refractivity contribution in [2.45, 2.75) is 110 Å². The van der Waals surface area contributed by atoms with E-state index in [2.05, 4.69) is 41.6 Å². The fourth-order valence-electron chi connectivity index (χ4n) is 8.45. The van der Waals surface area contributed by atoms with Crippen molar-refractivity contribution in [2.75, 3.05) is 6.61 Å². The van der Waals surface area contributed by atoms with Gasteiger partial charge in [0.2, 0.25) is 5.91 Å². The summed E-state index contributed by atoms with van der Waals surface area (Å²) in [6, 6.07) is -2.49. The summed E-state index contributed by atoms with van der Waals surface area (Å²) in [5, 5.41) is 39.2. The number of terminal acetylenes is 1. The summed E-state index contributed by atoms with van der Waals surface area (Å²) < 4.78 is 0. The molecule has 0 aliphatic heterocycles. The van der Waals surface area contributed by atoms with Crippen LogP contribution in [-0.2, 0) is 19.2 Å². The molecular weight excluding hydrogens is 538 g/mol. The lowest BCUT2D eigenvalue weighted by Crippen LogP contribution is -2.56. The molecular formula is C32H47N3O7. The number of aliphatic hydroxyl groups excluding tert-OH is 1. The van der Waals surface area contributed by atoms with E-state index >= 15 is 0 Å². The van der Waals surface area contributed by atoms with Crippen LogP contribution >= 0.6 is 0 Å². The van der Waals surface area contributed by atoms with Crippen molar-refractivity contribution >= 4 is 23.5 Å². The second kappa shape index (κ2) is 12.0. The molecule has 0 heterocycles. The number of carboxylic acids is 1. The van der Waals surface area contributed by atoms with Gasteiger partial charge in [-0.25, -0.2) is 4.79 Å². The predicted molar refractivity (Wildman–Crippen MR) is 157 cm³/mol. The molecule has 4 aliphatic carbocycles. The molecule has 9 atom stereocenters. The molecule has 0 aromatic heterocycles. The molecule has 3 saturated carbocycles. The van der Waals surface area contributed by atoms with Crippen LogP contribution in [-0.4, -0.2) is 69.2 Å². The second-order valence-corrected chi connectivity index (χ2v) is 13.7. The van der Waals surface area contributed by atoms with Gasteiger partial charge < -0.3 is 30.8 Å². The first-order valence-corrected chi connectivity index (χ1v) is 15.3. The average Bonchev–Trinajstić information content (AvgIpc) is 3.20. The van der Waals surface area contributed by atoms with E-state index in [1.807, 2.05) is 0 Å². The highest BCUT2D eigenvalue weighted by molar-refractivity contribution is 5.96. The Labute approximate surface area is 248 Å². The van der Waals surface area contributed by atoms with Crippen LogP contribution in [0.3, 0.4) is 0 Å². The van der Waals surface area contributed by atoms with Crippen LogP contribution in [0.25, 0.3) is 0 Å². The molecule has 0 radical (unpaired) electrons. The van der Waals surface area contributed by atoms with Crippen molar-refractivity contribution in [3.05, 3.63) is 11.6 Å². The van der Waals surface area contributed by atoms with Gasteiger partial charge in [-0.15, -0.1) is 6.42 Å². The largest absolute Gasteiger partial charge is 0.480 e. The first kappa shape index (κ1) is 32.0. The summed E-state index contributed by atoms with van der Waals surface area (Å²) in [4.78, 5) is 42.0. The van der Waals surface area contributed by atoms with Crippen molar-refractivity contribution < 1.29 is 34.5 Å². The van der Waals surface area contributed by atoms with Gasteiger partial charge in [0.25, 0.3) is 5.91 Å². The van der Waals surface area contributed by atoms with E-state index < -0.39 is 41.6 Å². The first-order valence-electron chi connectivity index (χ1n) is 15.3. The topological polar surface area (TPSA) is 158 Å². The number of rotatable bonds is 9. The van der Waals surface area contributed by atoms with Crippen LogP contribution in [0, 0.1) is 46.8 Å². The van der Waals surface area contributed by atoms with E-state index in [1.165, 1.54) is 12.5 Å². The molecule has 5 N–H and O–H groups in total. The van der Waals surface area contributed by atoms with Crippen molar-refractivity contribution in [1.82, 2.24) is 10.6 Å². The van der Waals surface area contributed by atoms with Gasteiger partial charge in [-0.2, -0.15) is 0 Å². The number of carboxylic acid groups (broad SMARTS) is 1. The number of carbonyl (C=O) groups excluding carboxylic acids is 2. The third-order valence-electron chi connectivity index (χ3n) is 11.1. The minimum Gasteiger partial charge on any atom is -0.480 e. The van der Waals surface area contributed by atoms with Gasteiger partial charge in [-0.3, -0.25) is 9.59 Å². The molecule has 0 saturated heterocycles. The Bertz CT molecular complexity index is 1190. The van der Waals surface area contributed by atoms with Crippen LogP contribution in [0.4, 0.5) is 0 Å². The Morgan fingerprint density at radius 3 is 2.38 bits per heavy atom. The summed E-state index contributed by atoms with van der Waals surface area (Å²) in [7, 11) is 0. The van der Waals surface area contributed by atoms with Crippen molar-refractivity contribution in [3.63, 3.8) is 0 Å². The highest BCUT2D eigenvalue weighted by Crippen LogP contribution is 2.67. The maximum atomic E-state index is 12.7. The van der Waals surface area contributed by atoms with E-state index in [-0.39, 0.29) is 23.4 Å². The Morgan fingerprint density at radius 2 is 1.76 bits per heavy atom. The number of allylic oxidation sites excluding steroid dienone is 2. The van der Waals surface area contributed by atoms with Gasteiger partial charge in [-0.1, -0.05) is 44.3 Å². The number of amides is 2. The van der Waals surface area contributed by atoms with Crippen LogP contribution in [0.5, 0.6) is 0 Å². The highest BCUT2D eigenvalue weighted by Gasteiger charge is 2.63. The third-order valence-corrected chi connectivity index (χ3v) is 11.1. The van der Waals surface area contributed by atoms with E-state index in [1.54, 1.807) is 13.8 Å². The molecule has 4 rings (SSSR count). The predicted octanol–water partition coefficient (Wildman–Crippen LogP) is 2.78. The van der Waals surface area contributed by atoms with Gasteiger partial charge in [0, 0.05) is 5.41 Å². The number of nitrogens with one attached hydrogen (secondary N) is 2. The third kappa shape index (κ3) is 5.70.